The van der Waals surface area contributed by atoms with Crippen LogP contribution >= 0.6 is 15.9 Å². The number of aliphatic hydroxyl groups is 1. The van der Waals surface area contributed by atoms with Gasteiger partial charge in [-0.05, 0) is 25.7 Å². The zero-order valence-electron chi connectivity index (χ0n) is 6.36. The Labute approximate surface area is 77.1 Å². The maximum Gasteiger partial charge on any atom is 0.417 e. The lowest BCUT2D eigenvalue weighted by Gasteiger charge is -2.35. The Morgan fingerprint density at radius 2 is 1.67 bits per heavy atom. The fourth-order valence-electron chi connectivity index (χ4n) is 1.34. The van der Waals surface area contributed by atoms with Crippen LogP contribution in [0.15, 0.2) is 0 Å². The lowest BCUT2D eigenvalue weighted by atomic mass is 9.84. The van der Waals surface area contributed by atoms with E-state index >= 15 is 0 Å². The van der Waals surface area contributed by atoms with Crippen LogP contribution in [-0.2, 0) is 0 Å². The lowest BCUT2D eigenvalue weighted by molar-refractivity contribution is -0.269. The molecule has 0 saturated heterocycles. The van der Waals surface area contributed by atoms with Gasteiger partial charge in [-0.15, -0.1) is 0 Å². The van der Waals surface area contributed by atoms with Crippen LogP contribution in [0.5, 0.6) is 0 Å². The summed E-state index contributed by atoms with van der Waals surface area (Å²) in [5, 5.41) is 9.18. The molecule has 0 spiro atoms. The van der Waals surface area contributed by atoms with Crippen molar-refractivity contribution >= 4 is 15.9 Å². The molecule has 72 valence electrons. The summed E-state index contributed by atoms with van der Waals surface area (Å²) in [6.45, 7) is 0. The third-order valence-corrected chi connectivity index (χ3v) is 3.19. The second-order valence-corrected chi connectivity index (χ2v) is 4.50. The first kappa shape index (κ1) is 10.3. The van der Waals surface area contributed by atoms with Crippen molar-refractivity contribution in [2.24, 2.45) is 0 Å². The highest BCUT2D eigenvalue weighted by molar-refractivity contribution is 9.09. The quantitative estimate of drug-likeness (QED) is 0.652. The summed E-state index contributed by atoms with van der Waals surface area (Å²) in [7, 11) is 0. The lowest BCUT2D eigenvalue weighted by Crippen LogP contribution is -2.47. The van der Waals surface area contributed by atoms with Crippen molar-refractivity contribution in [1.82, 2.24) is 0 Å². The topological polar surface area (TPSA) is 20.2 Å². The molecule has 0 unspecified atom stereocenters. The highest BCUT2D eigenvalue weighted by Crippen LogP contribution is 2.42. The van der Waals surface area contributed by atoms with Gasteiger partial charge in [0.05, 0.1) is 0 Å². The molecule has 1 rings (SSSR count). The molecule has 0 aromatic heterocycles. The summed E-state index contributed by atoms with van der Waals surface area (Å²) in [5.41, 5.74) is -2.43. The van der Waals surface area contributed by atoms with Crippen LogP contribution in [0.3, 0.4) is 0 Å². The van der Waals surface area contributed by atoms with E-state index in [1.54, 1.807) is 0 Å². The first-order valence-electron chi connectivity index (χ1n) is 3.78. The maximum absolute atomic E-state index is 12.2. The minimum Gasteiger partial charge on any atom is -0.380 e. The van der Waals surface area contributed by atoms with E-state index in [1.165, 1.54) is 0 Å². The molecule has 0 aromatic rings. The van der Waals surface area contributed by atoms with E-state index < -0.39 is 11.8 Å². The van der Waals surface area contributed by atoms with Gasteiger partial charge < -0.3 is 5.11 Å². The average Bonchev–Trinajstić information content (AvgIpc) is 1.93. The summed E-state index contributed by atoms with van der Waals surface area (Å²) in [6, 6.07) is 0. The molecule has 0 heterocycles. The maximum atomic E-state index is 12.2. The van der Waals surface area contributed by atoms with E-state index in [4.69, 9.17) is 0 Å². The van der Waals surface area contributed by atoms with Gasteiger partial charge in [-0.25, -0.2) is 0 Å². The average molecular weight is 247 g/mol. The molecule has 0 aliphatic heterocycles. The Morgan fingerprint density at radius 3 is 2.00 bits per heavy atom. The third kappa shape index (κ3) is 1.93. The van der Waals surface area contributed by atoms with E-state index in [0.29, 0.717) is 12.8 Å². The van der Waals surface area contributed by atoms with Gasteiger partial charge in [0.25, 0.3) is 0 Å². The Hall–Kier alpha value is 0.230. The second kappa shape index (κ2) is 3.18. The summed E-state index contributed by atoms with van der Waals surface area (Å²) in [5.74, 6) is 0. The Bertz CT molecular complexity index is 161. The SMILES string of the molecule is OC1(C(F)(F)F)CCC(Br)CC1. The number of halogens is 4. The summed E-state index contributed by atoms with van der Waals surface area (Å²) in [6.07, 6.45) is -4.08. The van der Waals surface area contributed by atoms with Gasteiger partial charge in [0.1, 0.15) is 0 Å². The number of hydrogen-bond donors (Lipinski definition) is 1. The molecule has 0 atom stereocenters. The minimum absolute atomic E-state index is 0.125. The van der Waals surface area contributed by atoms with Crippen molar-refractivity contribution in [3.63, 3.8) is 0 Å². The van der Waals surface area contributed by atoms with E-state index in [9.17, 15) is 18.3 Å². The molecule has 12 heavy (non-hydrogen) atoms. The standard InChI is InChI=1S/C7H10BrF3O/c8-5-1-3-6(12,4-2-5)7(9,10)11/h5,12H,1-4H2. The van der Waals surface area contributed by atoms with Crippen molar-refractivity contribution in [1.29, 1.82) is 0 Å². The van der Waals surface area contributed by atoms with Crippen LogP contribution in [-0.4, -0.2) is 21.7 Å². The van der Waals surface area contributed by atoms with Crippen LogP contribution in [0, 0.1) is 0 Å². The summed E-state index contributed by atoms with van der Waals surface area (Å²) in [4.78, 5) is 0.125. The fourth-order valence-corrected chi connectivity index (χ4v) is 1.80. The molecule has 0 radical (unpaired) electrons. The monoisotopic (exact) mass is 246 g/mol. The minimum atomic E-state index is -4.47. The first-order valence-corrected chi connectivity index (χ1v) is 4.70. The number of hydrogen-bond acceptors (Lipinski definition) is 1. The normalized spacial score (nSPS) is 38.2. The largest absolute Gasteiger partial charge is 0.417 e. The predicted molar refractivity (Wildman–Crippen MR) is 42.2 cm³/mol. The van der Waals surface area contributed by atoms with Crippen LogP contribution in [0.25, 0.3) is 0 Å². The summed E-state index contributed by atoms with van der Waals surface area (Å²) >= 11 is 3.23. The molecule has 1 saturated carbocycles. The summed E-state index contributed by atoms with van der Waals surface area (Å²) < 4.78 is 36.6. The molecule has 1 aliphatic carbocycles. The number of alkyl halides is 4. The molecule has 1 nitrogen and oxygen atoms in total. The smallest absolute Gasteiger partial charge is 0.380 e. The Kier molecular flexibility index (Phi) is 2.73. The van der Waals surface area contributed by atoms with Crippen molar-refractivity contribution in [3.05, 3.63) is 0 Å². The van der Waals surface area contributed by atoms with E-state index in [1.807, 2.05) is 0 Å². The van der Waals surface area contributed by atoms with Gasteiger partial charge in [0.15, 0.2) is 5.60 Å². The zero-order valence-corrected chi connectivity index (χ0v) is 7.95. The van der Waals surface area contributed by atoms with Crippen molar-refractivity contribution in [3.8, 4) is 0 Å². The van der Waals surface area contributed by atoms with Crippen molar-refractivity contribution in [2.45, 2.75) is 42.3 Å². The van der Waals surface area contributed by atoms with Crippen molar-refractivity contribution < 1.29 is 18.3 Å². The van der Waals surface area contributed by atoms with Gasteiger partial charge in [0.2, 0.25) is 0 Å². The van der Waals surface area contributed by atoms with Crippen LogP contribution < -0.4 is 0 Å². The van der Waals surface area contributed by atoms with E-state index in [-0.39, 0.29) is 17.7 Å². The Balaban J connectivity index is 2.62. The fraction of sp³-hybridized carbons (Fsp3) is 1.00. The molecule has 0 aromatic carbocycles. The van der Waals surface area contributed by atoms with Gasteiger partial charge in [-0.1, -0.05) is 15.9 Å². The van der Waals surface area contributed by atoms with Gasteiger partial charge >= 0.3 is 6.18 Å². The third-order valence-electron chi connectivity index (χ3n) is 2.27. The zero-order chi connectivity index (χ0) is 9.41. The second-order valence-electron chi connectivity index (χ2n) is 3.20. The highest BCUT2D eigenvalue weighted by atomic mass is 79.9. The van der Waals surface area contributed by atoms with Crippen LogP contribution in [0.2, 0.25) is 0 Å². The number of rotatable bonds is 0. The Morgan fingerprint density at radius 1 is 1.25 bits per heavy atom. The van der Waals surface area contributed by atoms with E-state index in [0.717, 1.165) is 0 Å². The molecule has 1 fully saturated rings. The molecule has 1 N–H and O–H groups in total. The molecular weight excluding hydrogens is 237 g/mol. The molecule has 0 amide bonds. The van der Waals surface area contributed by atoms with Crippen molar-refractivity contribution in [2.75, 3.05) is 0 Å². The van der Waals surface area contributed by atoms with Gasteiger partial charge in [-0.3, -0.25) is 0 Å². The first-order chi connectivity index (χ1) is 5.35. The molecular formula is C7H10BrF3O. The molecule has 5 heteroatoms. The molecule has 1 aliphatic rings. The predicted octanol–water partition coefficient (Wildman–Crippen LogP) is 2.62. The van der Waals surface area contributed by atoms with Gasteiger partial charge in [-0.2, -0.15) is 13.2 Å². The van der Waals surface area contributed by atoms with Crippen LogP contribution in [0.1, 0.15) is 25.7 Å². The van der Waals surface area contributed by atoms with E-state index in [2.05, 4.69) is 15.9 Å². The highest BCUT2D eigenvalue weighted by Gasteiger charge is 2.54. The molecule has 0 bridgehead atoms. The van der Waals surface area contributed by atoms with Gasteiger partial charge in [0, 0.05) is 4.83 Å². The van der Waals surface area contributed by atoms with Crippen LogP contribution in [0.4, 0.5) is 13.2 Å².